The lowest BCUT2D eigenvalue weighted by molar-refractivity contribution is 0.414. The molecule has 5 heteroatoms. The van der Waals surface area contributed by atoms with E-state index in [1.807, 2.05) is 54.4 Å². The highest BCUT2D eigenvalue weighted by molar-refractivity contribution is 6.01. The summed E-state index contributed by atoms with van der Waals surface area (Å²) in [7, 11) is 1.67. The van der Waals surface area contributed by atoms with Gasteiger partial charge < -0.3 is 9.47 Å². The van der Waals surface area contributed by atoms with Crippen LogP contribution in [0.25, 0.3) is 0 Å². The Morgan fingerprint density at radius 1 is 1.04 bits per heavy atom. The summed E-state index contributed by atoms with van der Waals surface area (Å²) in [6.45, 7) is 1.86. The van der Waals surface area contributed by atoms with E-state index >= 15 is 0 Å². The molecule has 0 amide bonds. The molecule has 2 aliphatic heterocycles. The Kier molecular flexibility index (Phi) is 3.26. The van der Waals surface area contributed by atoms with Crippen LogP contribution in [-0.2, 0) is 4.74 Å². The molecule has 0 saturated carbocycles. The van der Waals surface area contributed by atoms with Gasteiger partial charge in [-0.2, -0.15) is 0 Å². The van der Waals surface area contributed by atoms with Gasteiger partial charge in [0, 0.05) is 6.92 Å². The van der Waals surface area contributed by atoms with E-state index in [2.05, 4.69) is 22.2 Å². The fourth-order valence-corrected chi connectivity index (χ4v) is 3.00. The van der Waals surface area contributed by atoms with Gasteiger partial charge in [-0.05, 0) is 29.8 Å². The molecule has 2 aromatic rings. The smallest absolute Gasteiger partial charge is 0.241 e. The molecule has 4 rings (SSSR count). The molecule has 2 aromatic carbocycles. The van der Waals surface area contributed by atoms with Crippen LogP contribution in [0.15, 0.2) is 64.7 Å². The number of aliphatic imine (C=N–C) groups is 1. The SMILES string of the molecule is COc1ccc(C2C3N=C(C)OC3=NN2c2ccccc2)cc1. The molecule has 0 saturated heterocycles. The van der Waals surface area contributed by atoms with Gasteiger partial charge in [-0.15, -0.1) is 5.10 Å². The van der Waals surface area contributed by atoms with E-state index in [0.29, 0.717) is 11.8 Å². The maximum Gasteiger partial charge on any atom is 0.241 e. The van der Waals surface area contributed by atoms with Crippen LogP contribution in [-0.4, -0.2) is 24.9 Å². The van der Waals surface area contributed by atoms with Gasteiger partial charge in [0.15, 0.2) is 11.9 Å². The Bertz CT molecular complexity index is 769. The van der Waals surface area contributed by atoms with Crippen LogP contribution in [0, 0.1) is 0 Å². The zero-order valence-electron chi connectivity index (χ0n) is 13.0. The molecule has 0 aromatic heterocycles. The predicted molar refractivity (Wildman–Crippen MR) is 90.1 cm³/mol. The topological polar surface area (TPSA) is 46.4 Å². The lowest BCUT2D eigenvalue weighted by atomic mass is 9.99. The molecule has 116 valence electrons. The van der Waals surface area contributed by atoms with Gasteiger partial charge in [-0.25, -0.2) is 4.99 Å². The summed E-state index contributed by atoms with van der Waals surface area (Å²) in [6, 6.07) is 18.0. The van der Waals surface area contributed by atoms with Crippen LogP contribution in [0.5, 0.6) is 5.75 Å². The van der Waals surface area contributed by atoms with Crippen LogP contribution in [0.3, 0.4) is 0 Å². The maximum absolute atomic E-state index is 5.67. The predicted octanol–water partition coefficient (Wildman–Crippen LogP) is 3.39. The van der Waals surface area contributed by atoms with E-state index in [0.717, 1.165) is 17.0 Å². The zero-order chi connectivity index (χ0) is 15.8. The largest absolute Gasteiger partial charge is 0.497 e. The van der Waals surface area contributed by atoms with Crippen LogP contribution in [0.1, 0.15) is 18.5 Å². The van der Waals surface area contributed by atoms with E-state index in [1.165, 1.54) is 0 Å². The number of fused-ring (bicyclic) bond motifs is 1. The summed E-state index contributed by atoms with van der Waals surface area (Å²) < 4.78 is 10.9. The summed E-state index contributed by atoms with van der Waals surface area (Å²) in [5, 5.41) is 6.64. The fourth-order valence-electron chi connectivity index (χ4n) is 3.00. The van der Waals surface area contributed by atoms with Gasteiger partial charge in [-0.1, -0.05) is 30.3 Å². The molecule has 0 bridgehead atoms. The van der Waals surface area contributed by atoms with E-state index in [9.17, 15) is 0 Å². The maximum atomic E-state index is 5.67. The lowest BCUT2D eigenvalue weighted by Gasteiger charge is -2.25. The van der Waals surface area contributed by atoms with Gasteiger partial charge in [0.25, 0.3) is 0 Å². The van der Waals surface area contributed by atoms with Gasteiger partial charge >= 0.3 is 0 Å². The third-order valence-electron chi connectivity index (χ3n) is 4.07. The third kappa shape index (κ3) is 2.34. The molecule has 2 unspecified atom stereocenters. The van der Waals surface area contributed by atoms with Crippen molar-refractivity contribution < 1.29 is 9.47 Å². The van der Waals surface area contributed by atoms with Crippen molar-refractivity contribution in [2.45, 2.75) is 19.0 Å². The van der Waals surface area contributed by atoms with E-state index in [-0.39, 0.29) is 12.1 Å². The molecular weight excluding hydrogens is 290 g/mol. The second-order valence-electron chi connectivity index (χ2n) is 5.53. The summed E-state index contributed by atoms with van der Waals surface area (Å²) in [5.41, 5.74) is 2.15. The fraction of sp³-hybridized carbons (Fsp3) is 0.222. The van der Waals surface area contributed by atoms with E-state index < -0.39 is 0 Å². The standard InChI is InChI=1S/C18H17N3O2/c1-12-19-16-17(13-8-10-15(22-2)11-9-13)21(20-18(16)23-12)14-6-4-3-5-7-14/h3-11,16-17H,1-2H3. The van der Waals surface area contributed by atoms with E-state index in [1.54, 1.807) is 7.11 Å². The van der Waals surface area contributed by atoms with Crippen LogP contribution < -0.4 is 9.75 Å². The minimum absolute atomic E-state index is 0.0178. The number of benzene rings is 2. The molecule has 0 fully saturated rings. The molecule has 2 atom stereocenters. The molecule has 2 aliphatic rings. The van der Waals surface area contributed by atoms with Crippen molar-refractivity contribution in [3.8, 4) is 5.75 Å². The molecular formula is C18H17N3O2. The normalized spacial score (nSPS) is 22.3. The Morgan fingerprint density at radius 3 is 2.48 bits per heavy atom. The first kappa shape index (κ1) is 13.8. The van der Waals surface area contributed by atoms with Crippen molar-refractivity contribution >= 4 is 17.5 Å². The highest BCUT2D eigenvalue weighted by atomic mass is 16.5. The summed E-state index contributed by atoms with van der Waals surface area (Å²) in [6.07, 6.45) is 0. The number of rotatable bonds is 3. The average molecular weight is 307 g/mol. The Labute approximate surface area is 134 Å². The van der Waals surface area contributed by atoms with Gasteiger partial charge in [0.1, 0.15) is 11.8 Å². The molecule has 0 N–H and O–H groups in total. The summed E-state index contributed by atoms with van der Waals surface area (Å²) in [5.74, 6) is 2.16. The highest BCUT2D eigenvalue weighted by Gasteiger charge is 2.44. The number of methoxy groups -OCH3 is 1. The van der Waals surface area contributed by atoms with Crippen molar-refractivity contribution in [3.05, 3.63) is 60.2 Å². The number of anilines is 1. The van der Waals surface area contributed by atoms with Crippen LogP contribution >= 0.6 is 0 Å². The second kappa shape index (κ2) is 5.43. The monoisotopic (exact) mass is 307 g/mol. The third-order valence-corrected chi connectivity index (χ3v) is 4.07. The number of nitrogens with zero attached hydrogens (tertiary/aromatic N) is 3. The van der Waals surface area contributed by atoms with Gasteiger partial charge in [0.05, 0.1) is 12.8 Å². The van der Waals surface area contributed by atoms with E-state index in [4.69, 9.17) is 9.47 Å². The molecule has 0 aliphatic carbocycles. The number of hydrazone groups is 1. The first-order chi connectivity index (χ1) is 11.3. The number of hydrogen-bond donors (Lipinski definition) is 0. The number of para-hydroxylation sites is 1. The minimum Gasteiger partial charge on any atom is -0.497 e. The zero-order valence-corrected chi connectivity index (χ0v) is 13.0. The Morgan fingerprint density at radius 2 is 1.78 bits per heavy atom. The molecule has 23 heavy (non-hydrogen) atoms. The van der Waals surface area contributed by atoms with Crippen LogP contribution in [0.2, 0.25) is 0 Å². The van der Waals surface area contributed by atoms with Crippen molar-refractivity contribution in [1.82, 2.24) is 0 Å². The molecule has 0 spiro atoms. The molecule has 0 radical (unpaired) electrons. The first-order valence-electron chi connectivity index (χ1n) is 7.55. The second-order valence-corrected chi connectivity index (χ2v) is 5.53. The average Bonchev–Trinajstić information content (AvgIpc) is 3.11. The van der Waals surface area contributed by atoms with Crippen LogP contribution in [0.4, 0.5) is 5.69 Å². The summed E-state index contributed by atoms with van der Waals surface area (Å²) >= 11 is 0. The molecule has 2 heterocycles. The van der Waals surface area contributed by atoms with Gasteiger partial charge in [0.2, 0.25) is 5.90 Å². The Balaban J connectivity index is 1.76. The highest BCUT2D eigenvalue weighted by Crippen LogP contribution is 2.39. The lowest BCUT2D eigenvalue weighted by Crippen LogP contribution is -2.27. The van der Waals surface area contributed by atoms with Crippen molar-refractivity contribution in [2.75, 3.05) is 12.1 Å². The van der Waals surface area contributed by atoms with Crippen molar-refractivity contribution in [1.29, 1.82) is 0 Å². The number of hydrogen-bond acceptors (Lipinski definition) is 5. The quantitative estimate of drug-likeness (QED) is 0.873. The van der Waals surface area contributed by atoms with Crippen molar-refractivity contribution in [2.24, 2.45) is 10.1 Å². The first-order valence-corrected chi connectivity index (χ1v) is 7.55. The summed E-state index contributed by atoms with van der Waals surface area (Å²) in [4.78, 5) is 4.62. The van der Waals surface area contributed by atoms with Crippen molar-refractivity contribution in [3.63, 3.8) is 0 Å². The van der Waals surface area contributed by atoms with Gasteiger partial charge in [-0.3, -0.25) is 5.01 Å². The number of ether oxygens (including phenoxy) is 2. The Hall–Kier alpha value is -2.82. The minimum atomic E-state index is -0.108. The molecule has 5 nitrogen and oxygen atoms in total.